The Kier molecular flexibility index (Phi) is 9.42. The Morgan fingerprint density at radius 1 is 0.955 bits per heavy atom. The summed E-state index contributed by atoms with van der Waals surface area (Å²) in [4.78, 5) is 54.3. The molecule has 2 unspecified atom stereocenters. The van der Waals surface area contributed by atoms with Crippen LogP contribution in [-0.2, 0) is 9.59 Å². The first-order valence-electron chi connectivity index (χ1n) is 16.3. The molecule has 1 aromatic carbocycles. The van der Waals surface area contributed by atoms with Gasteiger partial charge in [0, 0.05) is 88.7 Å². The van der Waals surface area contributed by atoms with Gasteiger partial charge >= 0.3 is 0 Å². The number of anilines is 2. The zero-order valence-corrected chi connectivity index (χ0v) is 26.8. The smallest absolute Gasteiger partial charge is 0.257 e. The first kappa shape index (κ1) is 30.8. The summed E-state index contributed by atoms with van der Waals surface area (Å²) in [6.45, 7) is 11.8. The number of nitrogens with zero attached hydrogens (tertiary/aromatic N) is 6. The van der Waals surface area contributed by atoms with Gasteiger partial charge in [-0.1, -0.05) is 17.7 Å². The molecule has 0 aliphatic carbocycles. The second-order valence-electron chi connectivity index (χ2n) is 13.1. The van der Waals surface area contributed by atoms with Crippen LogP contribution in [0.4, 0.5) is 11.5 Å². The van der Waals surface area contributed by atoms with E-state index in [1.165, 1.54) is 0 Å². The predicted octanol–water partition coefficient (Wildman–Crippen LogP) is 4.33. The minimum Gasteiger partial charge on any atom is -0.356 e. The van der Waals surface area contributed by atoms with Gasteiger partial charge in [-0.25, -0.2) is 4.98 Å². The number of amides is 3. The van der Waals surface area contributed by atoms with E-state index < -0.39 is 0 Å². The molecule has 0 saturated carbocycles. The number of rotatable bonds is 8. The van der Waals surface area contributed by atoms with Crippen LogP contribution < -0.4 is 9.80 Å². The number of hydrogen-bond donors (Lipinski definition) is 0. The Morgan fingerprint density at radius 3 is 2.32 bits per heavy atom. The summed E-state index contributed by atoms with van der Waals surface area (Å²) in [5.41, 5.74) is 2.57. The van der Waals surface area contributed by atoms with Crippen molar-refractivity contribution < 1.29 is 14.4 Å². The molecule has 44 heavy (non-hydrogen) atoms. The maximum atomic E-state index is 13.8. The molecule has 0 spiro atoms. The molecule has 4 aliphatic heterocycles. The molecule has 0 radical (unpaired) electrons. The van der Waals surface area contributed by atoms with Gasteiger partial charge in [0.25, 0.3) is 5.91 Å². The van der Waals surface area contributed by atoms with Gasteiger partial charge in [0.05, 0.1) is 5.56 Å². The number of aromatic nitrogens is 1. The van der Waals surface area contributed by atoms with Crippen molar-refractivity contribution in [3.63, 3.8) is 0 Å². The molecule has 10 heteroatoms. The summed E-state index contributed by atoms with van der Waals surface area (Å²) in [5.74, 6) is 2.02. The minimum atomic E-state index is -0.0915. The maximum absolute atomic E-state index is 13.8. The summed E-state index contributed by atoms with van der Waals surface area (Å²) < 4.78 is 0. The lowest BCUT2D eigenvalue weighted by atomic mass is 9.94. The third-order valence-corrected chi connectivity index (χ3v) is 10.6. The molecule has 0 bridgehead atoms. The number of carbonyl (C=O) groups is 3. The zero-order chi connectivity index (χ0) is 30.8. The highest BCUT2D eigenvalue weighted by atomic mass is 35.5. The Labute approximate surface area is 266 Å². The van der Waals surface area contributed by atoms with Crippen molar-refractivity contribution in [2.45, 2.75) is 46.0 Å². The molecule has 5 heterocycles. The van der Waals surface area contributed by atoms with Crippen LogP contribution in [0, 0.1) is 24.7 Å². The van der Waals surface area contributed by atoms with E-state index in [1.807, 2.05) is 52.0 Å². The van der Waals surface area contributed by atoms with Gasteiger partial charge in [-0.05, 0) is 87.2 Å². The van der Waals surface area contributed by atoms with Crippen molar-refractivity contribution in [1.82, 2.24) is 19.7 Å². The maximum Gasteiger partial charge on any atom is 0.257 e. The third kappa shape index (κ3) is 6.59. The summed E-state index contributed by atoms with van der Waals surface area (Å²) in [5, 5.41) is 0.664. The van der Waals surface area contributed by atoms with Crippen LogP contribution in [0.1, 0.15) is 54.9 Å². The Morgan fingerprint density at radius 2 is 1.66 bits per heavy atom. The molecule has 3 amide bonds. The molecule has 4 saturated heterocycles. The van der Waals surface area contributed by atoms with E-state index in [0.717, 1.165) is 87.7 Å². The fraction of sp³-hybridized carbons (Fsp3) is 0.588. The zero-order valence-electron chi connectivity index (χ0n) is 26.1. The predicted molar refractivity (Wildman–Crippen MR) is 173 cm³/mol. The van der Waals surface area contributed by atoms with E-state index in [9.17, 15) is 14.4 Å². The van der Waals surface area contributed by atoms with Crippen molar-refractivity contribution in [1.29, 1.82) is 0 Å². The van der Waals surface area contributed by atoms with Crippen molar-refractivity contribution in [3.8, 4) is 0 Å². The van der Waals surface area contributed by atoms with Gasteiger partial charge in [-0.2, -0.15) is 0 Å². The van der Waals surface area contributed by atoms with Crippen LogP contribution in [-0.4, -0.2) is 103 Å². The number of likely N-dealkylation sites (tertiary alicyclic amines) is 3. The second-order valence-corrected chi connectivity index (χ2v) is 13.5. The summed E-state index contributed by atoms with van der Waals surface area (Å²) in [6, 6.07) is 9.68. The summed E-state index contributed by atoms with van der Waals surface area (Å²) in [6.07, 6.45) is 6.34. The number of halogens is 1. The van der Waals surface area contributed by atoms with Gasteiger partial charge < -0.3 is 24.5 Å². The standard InChI is InChI=1S/C34H45ClN6O3/c1-24-8-9-29(19-31(24)35)41(33(43)26-10-17-38(18-11-26)25(2)42)16-6-13-37-20-27-22-40(23-28(27)21-37)34(44)30-7-5-12-36-32(30)39-14-3-4-15-39/h5,7-9,12,19,26-28H,3-4,6,10-11,13-18,20-23H2,1-2H3. The van der Waals surface area contributed by atoms with E-state index in [0.29, 0.717) is 49.3 Å². The first-order valence-corrected chi connectivity index (χ1v) is 16.7. The van der Waals surface area contributed by atoms with Gasteiger partial charge in [0.15, 0.2) is 0 Å². The minimum absolute atomic E-state index is 0.0739. The van der Waals surface area contributed by atoms with Crippen LogP contribution in [0.3, 0.4) is 0 Å². The van der Waals surface area contributed by atoms with E-state index >= 15 is 0 Å². The van der Waals surface area contributed by atoms with Gasteiger partial charge in [0.1, 0.15) is 5.82 Å². The molecule has 9 nitrogen and oxygen atoms in total. The monoisotopic (exact) mass is 620 g/mol. The number of fused-ring (bicyclic) bond motifs is 1. The highest BCUT2D eigenvalue weighted by Crippen LogP contribution is 2.34. The van der Waals surface area contributed by atoms with Crippen LogP contribution in [0.2, 0.25) is 5.02 Å². The topological polar surface area (TPSA) is 80.3 Å². The van der Waals surface area contributed by atoms with Crippen LogP contribution in [0.25, 0.3) is 0 Å². The van der Waals surface area contributed by atoms with Gasteiger partial charge in [0.2, 0.25) is 11.8 Å². The molecule has 4 fully saturated rings. The first-order chi connectivity index (χ1) is 21.3. The fourth-order valence-electron chi connectivity index (χ4n) is 7.58. The van der Waals surface area contributed by atoms with Gasteiger partial charge in [-0.15, -0.1) is 0 Å². The largest absolute Gasteiger partial charge is 0.356 e. The number of aryl methyl sites for hydroxylation is 1. The summed E-state index contributed by atoms with van der Waals surface area (Å²) >= 11 is 6.48. The molecular formula is C34H45ClN6O3. The molecule has 0 N–H and O–H groups in total. The molecule has 236 valence electrons. The van der Waals surface area contributed by atoms with Crippen molar-refractivity contribution in [3.05, 3.63) is 52.7 Å². The van der Waals surface area contributed by atoms with E-state index in [4.69, 9.17) is 11.6 Å². The SMILES string of the molecule is CC(=O)N1CCC(C(=O)N(CCCN2CC3CN(C(=O)c4cccnc4N4CCCC4)CC3C2)c2ccc(C)c(Cl)c2)CC1. The van der Waals surface area contributed by atoms with E-state index in [-0.39, 0.29) is 23.6 Å². The number of piperidine rings is 1. The van der Waals surface area contributed by atoms with E-state index in [2.05, 4.69) is 14.8 Å². The highest BCUT2D eigenvalue weighted by Gasteiger charge is 2.42. The van der Waals surface area contributed by atoms with E-state index in [1.54, 1.807) is 13.1 Å². The van der Waals surface area contributed by atoms with Gasteiger partial charge in [-0.3, -0.25) is 14.4 Å². The lowest BCUT2D eigenvalue weighted by Crippen LogP contribution is -2.44. The molecule has 2 aromatic rings. The molecule has 1 aromatic heterocycles. The average molecular weight is 621 g/mol. The summed E-state index contributed by atoms with van der Waals surface area (Å²) in [7, 11) is 0. The molecule has 4 aliphatic rings. The quantitative estimate of drug-likeness (QED) is 0.437. The second kappa shape index (κ2) is 13.4. The van der Waals surface area contributed by atoms with Crippen molar-refractivity contribution in [2.75, 3.05) is 75.2 Å². The lowest BCUT2D eigenvalue weighted by molar-refractivity contribution is -0.133. The van der Waals surface area contributed by atoms with Crippen molar-refractivity contribution >= 4 is 40.8 Å². The average Bonchev–Trinajstić information content (AvgIpc) is 3.78. The normalized spacial score (nSPS) is 22.5. The van der Waals surface area contributed by atoms with Crippen LogP contribution in [0.15, 0.2) is 36.5 Å². The Hall–Kier alpha value is -3.17. The lowest BCUT2D eigenvalue weighted by Gasteiger charge is -2.34. The number of carbonyl (C=O) groups excluding carboxylic acids is 3. The number of pyridine rings is 1. The highest BCUT2D eigenvalue weighted by molar-refractivity contribution is 6.31. The van der Waals surface area contributed by atoms with Crippen LogP contribution in [0.5, 0.6) is 0 Å². The molecule has 6 rings (SSSR count). The number of benzene rings is 1. The Balaban J connectivity index is 1.04. The molecule has 2 atom stereocenters. The van der Waals surface area contributed by atoms with Crippen LogP contribution >= 0.6 is 11.6 Å². The Bertz CT molecular complexity index is 1360. The number of hydrogen-bond acceptors (Lipinski definition) is 6. The third-order valence-electron chi connectivity index (χ3n) is 10.2. The van der Waals surface area contributed by atoms with Crippen molar-refractivity contribution in [2.24, 2.45) is 17.8 Å². The fourth-order valence-corrected chi connectivity index (χ4v) is 7.76. The molecular weight excluding hydrogens is 576 g/mol.